The molecule has 3 rings (SSSR count). The molecule has 0 saturated carbocycles. The average molecular weight is 533 g/mol. The summed E-state index contributed by atoms with van der Waals surface area (Å²) in [4.78, 5) is 22.8. The minimum absolute atomic E-state index is 0.0114. The molecule has 0 aliphatic heterocycles. The lowest BCUT2D eigenvalue weighted by Gasteiger charge is -2.13. The third-order valence-electron chi connectivity index (χ3n) is 4.51. The van der Waals surface area contributed by atoms with E-state index in [1.807, 2.05) is 6.92 Å². The quantitative estimate of drug-likeness (QED) is 0.229. The van der Waals surface area contributed by atoms with Crippen LogP contribution in [-0.2, 0) is 6.61 Å². The minimum atomic E-state index is -0.459. The first kappa shape index (κ1) is 24.2. The highest BCUT2D eigenvalue weighted by Gasteiger charge is 2.13. The van der Waals surface area contributed by atoms with Crippen LogP contribution in [0.15, 0.2) is 64.2 Å². The summed E-state index contributed by atoms with van der Waals surface area (Å²) in [7, 11) is 1.49. The zero-order valence-corrected chi connectivity index (χ0v) is 20.0. The number of hydrogen-bond donors (Lipinski definition) is 1. The summed E-state index contributed by atoms with van der Waals surface area (Å²) in [6, 6.07) is 14.7. The van der Waals surface area contributed by atoms with Crippen LogP contribution in [0.1, 0.15) is 27.0 Å². The molecule has 0 aromatic heterocycles. The van der Waals surface area contributed by atoms with Gasteiger partial charge in [-0.2, -0.15) is 5.10 Å². The Morgan fingerprint density at radius 1 is 1.24 bits per heavy atom. The Labute approximate surface area is 203 Å². The molecule has 10 heteroatoms. The van der Waals surface area contributed by atoms with Crippen LogP contribution >= 0.6 is 27.5 Å². The van der Waals surface area contributed by atoms with E-state index in [9.17, 15) is 14.9 Å². The molecule has 0 aliphatic carbocycles. The predicted octanol–water partition coefficient (Wildman–Crippen LogP) is 5.67. The monoisotopic (exact) mass is 531 g/mol. The molecule has 0 fully saturated rings. The van der Waals surface area contributed by atoms with E-state index in [1.54, 1.807) is 42.5 Å². The Bertz CT molecular complexity index is 1230. The van der Waals surface area contributed by atoms with Crippen LogP contribution in [0.25, 0.3) is 0 Å². The van der Waals surface area contributed by atoms with Gasteiger partial charge in [0.05, 0.1) is 33.3 Å². The molecule has 8 nitrogen and oxygen atoms in total. The van der Waals surface area contributed by atoms with Gasteiger partial charge in [-0.1, -0.05) is 29.8 Å². The number of methoxy groups -OCH3 is 1. The van der Waals surface area contributed by atoms with Gasteiger partial charge in [-0.15, -0.1) is 0 Å². The number of hydrogen-bond acceptors (Lipinski definition) is 6. The van der Waals surface area contributed by atoms with Crippen molar-refractivity contribution in [3.05, 3.63) is 96.5 Å². The van der Waals surface area contributed by atoms with Gasteiger partial charge in [-0.05, 0) is 63.8 Å². The Hall–Kier alpha value is -3.43. The molecule has 0 spiro atoms. The number of carbonyl (C=O) groups is 1. The van der Waals surface area contributed by atoms with Crippen LogP contribution < -0.4 is 14.9 Å². The average Bonchev–Trinajstić information content (AvgIpc) is 2.78. The summed E-state index contributed by atoms with van der Waals surface area (Å²) < 4.78 is 11.8. The number of non-ortho nitro benzene ring substituents is 1. The van der Waals surface area contributed by atoms with Crippen LogP contribution in [0.4, 0.5) is 5.69 Å². The van der Waals surface area contributed by atoms with E-state index in [-0.39, 0.29) is 12.3 Å². The number of carbonyl (C=O) groups excluding carboxylic acids is 1. The molecule has 1 amide bonds. The number of ether oxygens (including phenoxy) is 2. The first-order chi connectivity index (χ1) is 15.8. The summed E-state index contributed by atoms with van der Waals surface area (Å²) in [5, 5.41) is 15.3. The van der Waals surface area contributed by atoms with E-state index in [4.69, 9.17) is 21.1 Å². The fraction of sp³-hybridized carbons (Fsp3) is 0.130. The Kier molecular flexibility index (Phi) is 8.02. The summed E-state index contributed by atoms with van der Waals surface area (Å²) in [6.45, 7) is 1.99. The number of nitrogens with zero attached hydrogens (tertiary/aromatic N) is 2. The van der Waals surface area contributed by atoms with Crippen molar-refractivity contribution < 1.29 is 19.2 Å². The van der Waals surface area contributed by atoms with Crippen molar-refractivity contribution >= 4 is 45.3 Å². The predicted molar refractivity (Wildman–Crippen MR) is 129 cm³/mol. The molecule has 0 saturated heterocycles. The molecule has 3 aromatic rings. The van der Waals surface area contributed by atoms with Gasteiger partial charge in [0, 0.05) is 12.1 Å². The second-order valence-electron chi connectivity index (χ2n) is 6.93. The molecule has 1 N–H and O–H groups in total. The Morgan fingerprint density at radius 3 is 2.73 bits per heavy atom. The molecular weight excluding hydrogens is 514 g/mol. The van der Waals surface area contributed by atoms with Crippen LogP contribution in [0, 0.1) is 17.0 Å². The van der Waals surface area contributed by atoms with E-state index in [2.05, 4.69) is 26.5 Å². The van der Waals surface area contributed by atoms with Gasteiger partial charge in [0.25, 0.3) is 11.6 Å². The second-order valence-corrected chi connectivity index (χ2v) is 8.19. The minimum Gasteiger partial charge on any atom is -0.493 e. The number of benzene rings is 3. The molecule has 0 aliphatic rings. The van der Waals surface area contributed by atoms with Gasteiger partial charge >= 0.3 is 0 Å². The fourth-order valence-corrected chi connectivity index (χ4v) is 3.79. The molecule has 0 bridgehead atoms. The maximum Gasteiger partial charge on any atom is 0.272 e. The summed E-state index contributed by atoms with van der Waals surface area (Å²) >= 11 is 9.56. The number of nitrogens with one attached hydrogen (secondary N) is 1. The molecule has 3 aromatic carbocycles. The lowest BCUT2D eigenvalue weighted by molar-refractivity contribution is -0.384. The summed E-state index contributed by atoms with van der Waals surface area (Å²) in [6.07, 6.45) is 1.46. The number of nitro benzene ring substituents is 1. The van der Waals surface area contributed by atoms with Gasteiger partial charge in [0.15, 0.2) is 11.5 Å². The van der Waals surface area contributed by atoms with Crippen molar-refractivity contribution in [3.8, 4) is 11.5 Å². The normalized spacial score (nSPS) is 10.8. The standard InChI is InChI=1S/C23H19BrClN3O5/c1-14-6-7-18(20(25)8-14)23(29)27-26-12-16-10-19(24)22(21(11-16)32-2)33-13-15-4-3-5-17(9-15)28(30)31/h3-12H,13H2,1-2H3,(H,27,29)/b26-12-. The molecule has 33 heavy (non-hydrogen) atoms. The van der Waals surface area contributed by atoms with Gasteiger partial charge in [-0.25, -0.2) is 5.43 Å². The van der Waals surface area contributed by atoms with Crippen molar-refractivity contribution in [1.29, 1.82) is 0 Å². The van der Waals surface area contributed by atoms with Crippen LogP contribution in [0.5, 0.6) is 11.5 Å². The molecule has 0 atom stereocenters. The van der Waals surface area contributed by atoms with Crippen LogP contribution in [0.3, 0.4) is 0 Å². The SMILES string of the molecule is COc1cc(/C=N\NC(=O)c2ccc(C)cc2Cl)cc(Br)c1OCc1cccc([N+](=O)[O-])c1. The number of hydrazone groups is 1. The number of halogens is 2. The molecule has 170 valence electrons. The van der Waals surface area contributed by atoms with Gasteiger partial charge in [0.1, 0.15) is 6.61 Å². The van der Waals surface area contributed by atoms with E-state index < -0.39 is 10.8 Å². The highest BCUT2D eigenvalue weighted by atomic mass is 79.9. The highest BCUT2D eigenvalue weighted by molar-refractivity contribution is 9.10. The topological polar surface area (TPSA) is 103 Å². The molecular formula is C23H19BrClN3O5. The second kappa shape index (κ2) is 10.9. The fourth-order valence-electron chi connectivity index (χ4n) is 2.90. The maximum atomic E-state index is 12.3. The van der Waals surface area contributed by atoms with Crippen molar-refractivity contribution in [3.63, 3.8) is 0 Å². The van der Waals surface area contributed by atoms with E-state index in [0.29, 0.717) is 37.7 Å². The van der Waals surface area contributed by atoms with E-state index >= 15 is 0 Å². The van der Waals surface area contributed by atoms with Crippen molar-refractivity contribution in [2.24, 2.45) is 5.10 Å². The van der Waals surface area contributed by atoms with Gasteiger partial charge < -0.3 is 9.47 Å². The van der Waals surface area contributed by atoms with Crippen LogP contribution in [0.2, 0.25) is 5.02 Å². The van der Waals surface area contributed by atoms with Crippen molar-refractivity contribution in [2.75, 3.05) is 7.11 Å². The van der Waals surface area contributed by atoms with E-state index in [0.717, 1.165) is 5.56 Å². The number of rotatable bonds is 8. The van der Waals surface area contributed by atoms with Gasteiger partial charge in [-0.3, -0.25) is 14.9 Å². The number of nitro groups is 1. The summed E-state index contributed by atoms with van der Waals surface area (Å²) in [5.41, 5.74) is 4.98. The highest BCUT2D eigenvalue weighted by Crippen LogP contribution is 2.37. The van der Waals surface area contributed by atoms with E-state index in [1.165, 1.54) is 25.5 Å². The van der Waals surface area contributed by atoms with Crippen molar-refractivity contribution in [1.82, 2.24) is 5.43 Å². The number of aryl methyl sites for hydroxylation is 1. The third kappa shape index (κ3) is 6.30. The van der Waals surface area contributed by atoms with Crippen LogP contribution in [-0.4, -0.2) is 24.2 Å². The Morgan fingerprint density at radius 2 is 2.03 bits per heavy atom. The van der Waals surface area contributed by atoms with Crippen molar-refractivity contribution in [2.45, 2.75) is 13.5 Å². The molecule has 0 unspecified atom stereocenters. The maximum absolute atomic E-state index is 12.3. The molecule has 0 heterocycles. The summed E-state index contributed by atoms with van der Waals surface area (Å²) in [5.74, 6) is 0.417. The molecule has 0 radical (unpaired) electrons. The van der Waals surface area contributed by atoms with Gasteiger partial charge in [0.2, 0.25) is 0 Å². The number of amides is 1. The first-order valence-corrected chi connectivity index (χ1v) is 10.8. The first-order valence-electron chi connectivity index (χ1n) is 9.61. The largest absolute Gasteiger partial charge is 0.493 e. The lowest BCUT2D eigenvalue weighted by atomic mass is 10.1. The zero-order valence-electron chi connectivity index (χ0n) is 17.7. The zero-order chi connectivity index (χ0) is 24.0. The Balaban J connectivity index is 1.71. The lowest BCUT2D eigenvalue weighted by Crippen LogP contribution is -2.18. The third-order valence-corrected chi connectivity index (χ3v) is 5.41. The smallest absolute Gasteiger partial charge is 0.272 e.